The van der Waals surface area contributed by atoms with E-state index in [1.54, 1.807) is 0 Å². The Morgan fingerprint density at radius 1 is 1.17 bits per heavy atom. The molecule has 2 N–H and O–H groups in total. The highest BCUT2D eigenvalue weighted by Gasteiger charge is 2.33. The summed E-state index contributed by atoms with van der Waals surface area (Å²) in [6.45, 7) is 15.6. The van der Waals surface area contributed by atoms with E-state index >= 15 is 0 Å². The highest BCUT2D eigenvalue weighted by molar-refractivity contribution is 5.86. The van der Waals surface area contributed by atoms with Gasteiger partial charge in [0.15, 0.2) is 0 Å². The molecule has 1 atom stereocenters. The van der Waals surface area contributed by atoms with Crippen LogP contribution in [-0.2, 0) is 4.79 Å². The molecule has 0 aromatic rings. The van der Waals surface area contributed by atoms with Gasteiger partial charge in [-0.3, -0.25) is 4.79 Å². The topological polar surface area (TPSA) is 41.1 Å². The summed E-state index contributed by atoms with van der Waals surface area (Å²) in [5.41, 5.74) is -0.265. The lowest BCUT2D eigenvalue weighted by Crippen LogP contribution is -2.57. The van der Waals surface area contributed by atoms with E-state index in [0.29, 0.717) is 0 Å². The second-order valence-corrected chi connectivity index (χ2v) is 6.98. The number of amides is 1. The van der Waals surface area contributed by atoms with Crippen molar-refractivity contribution in [3.05, 3.63) is 0 Å². The average Bonchev–Trinajstić information content (AvgIpc) is 2.21. The molecule has 0 rings (SSSR count). The Hall–Kier alpha value is -0.570. The number of nitrogens with one attached hydrogen (secondary N) is 2. The molecule has 18 heavy (non-hydrogen) atoms. The van der Waals surface area contributed by atoms with E-state index < -0.39 is 5.54 Å². The molecule has 0 saturated heterocycles. The Morgan fingerprint density at radius 3 is 2.11 bits per heavy atom. The number of unbranched alkanes of at least 4 members (excludes halogenated alkanes) is 1. The van der Waals surface area contributed by atoms with Gasteiger partial charge in [-0.15, -0.1) is 0 Å². The predicted octanol–water partition coefficient (Wildman–Crippen LogP) is 3.10. The van der Waals surface area contributed by atoms with Crippen LogP contribution in [0.5, 0.6) is 0 Å². The van der Waals surface area contributed by atoms with Gasteiger partial charge in [-0.2, -0.15) is 0 Å². The fourth-order valence-electron chi connectivity index (χ4n) is 1.69. The fourth-order valence-corrected chi connectivity index (χ4v) is 1.69. The van der Waals surface area contributed by atoms with E-state index in [4.69, 9.17) is 0 Å². The summed E-state index contributed by atoms with van der Waals surface area (Å²) in [6, 6.07) is 0.190. The molecule has 3 heteroatoms. The molecule has 0 bridgehead atoms. The van der Waals surface area contributed by atoms with Gasteiger partial charge in [0.2, 0.25) is 5.91 Å². The van der Waals surface area contributed by atoms with Crippen LogP contribution in [0.25, 0.3) is 0 Å². The van der Waals surface area contributed by atoms with Crippen molar-refractivity contribution in [3.8, 4) is 0 Å². The number of carbonyl (C=O) groups is 1. The molecule has 0 saturated carbocycles. The van der Waals surface area contributed by atoms with Crippen LogP contribution in [0, 0.1) is 5.41 Å². The molecule has 0 spiro atoms. The van der Waals surface area contributed by atoms with Crippen LogP contribution in [0.2, 0.25) is 0 Å². The highest BCUT2D eigenvalue weighted by atomic mass is 16.2. The summed E-state index contributed by atoms with van der Waals surface area (Å²) in [4.78, 5) is 12.3. The van der Waals surface area contributed by atoms with Crippen molar-refractivity contribution in [3.63, 3.8) is 0 Å². The Labute approximate surface area is 113 Å². The molecule has 108 valence electrons. The van der Waals surface area contributed by atoms with Crippen molar-refractivity contribution in [1.29, 1.82) is 0 Å². The first kappa shape index (κ1) is 17.4. The quantitative estimate of drug-likeness (QED) is 0.735. The number of rotatable bonds is 7. The van der Waals surface area contributed by atoms with E-state index in [2.05, 4.69) is 38.3 Å². The Balaban J connectivity index is 4.65. The first-order valence-electron chi connectivity index (χ1n) is 7.17. The smallest absolute Gasteiger partial charge is 0.240 e. The second-order valence-electron chi connectivity index (χ2n) is 6.98. The zero-order valence-corrected chi connectivity index (χ0v) is 13.3. The predicted molar refractivity (Wildman–Crippen MR) is 78.7 cm³/mol. The zero-order valence-electron chi connectivity index (χ0n) is 13.3. The van der Waals surface area contributed by atoms with Gasteiger partial charge < -0.3 is 10.6 Å². The minimum absolute atomic E-state index is 0.121. The molecular weight excluding hydrogens is 224 g/mol. The lowest BCUT2D eigenvalue weighted by Gasteiger charge is -2.33. The van der Waals surface area contributed by atoms with Crippen molar-refractivity contribution in [2.24, 2.45) is 5.41 Å². The molecule has 0 aliphatic heterocycles. The van der Waals surface area contributed by atoms with E-state index in [1.807, 2.05) is 20.8 Å². The van der Waals surface area contributed by atoms with E-state index in [0.717, 1.165) is 25.8 Å². The standard InChI is InChI=1S/C15H32N2O/c1-8-9-10-15(7,13(18)17-12(2)3)16-11-14(4,5)6/h12,16H,8-11H2,1-7H3,(H,17,18). The van der Waals surface area contributed by atoms with E-state index in [1.165, 1.54) is 0 Å². The molecule has 0 aromatic heterocycles. The van der Waals surface area contributed by atoms with Crippen molar-refractivity contribution in [2.45, 2.75) is 79.3 Å². The van der Waals surface area contributed by atoms with Gasteiger partial charge >= 0.3 is 0 Å². The van der Waals surface area contributed by atoms with Gasteiger partial charge in [0, 0.05) is 12.6 Å². The lowest BCUT2D eigenvalue weighted by atomic mass is 9.90. The first-order valence-corrected chi connectivity index (χ1v) is 7.17. The molecule has 1 unspecified atom stereocenters. The van der Waals surface area contributed by atoms with Crippen LogP contribution in [0.3, 0.4) is 0 Å². The normalized spacial score (nSPS) is 15.6. The molecule has 0 radical (unpaired) electrons. The van der Waals surface area contributed by atoms with Gasteiger partial charge in [-0.1, -0.05) is 40.5 Å². The maximum atomic E-state index is 12.3. The third-order valence-corrected chi connectivity index (χ3v) is 2.96. The van der Waals surface area contributed by atoms with Gasteiger partial charge in [-0.05, 0) is 32.6 Å². The molecule has 0 fully saturated rings. The molecule has 0 aliphatic carbocycles. The number of hydrogen-bond donors (Lipinski definition) is 2. The molecular formula is C15H32N2O. The zero-order chi connectivity index (χ0) is 14.4. The highest BCUT2D eigenvalue weighted by Crippen LogP contribution is 2.18. The van der Waals surface area contributed by atoms with Gasteiger partial charge in [0.1, 0.15) is 0 Å². The first-order chi connectivity index (χ1) is 8.10. The SMILES string of the molecule is CCCCC(C)(NCC(C)(C)C)C(=O)NC(C)C. The largest absolute Gasteiger partial charge is 0.352 e. The lowest BCUT2D eigenvalue weighted by molar-refractivity contribution is -0.128. The Morgan fingerprint density at radius 2 is 1.72 bits per heavy atom. The number of hydrogen-bond acceptors (Lipinski definition) is 2. The molecule has 0 aromatic carbocycles. The summed E-state index contributed by atoms with van der Waals surface area (Å²) < 4.78 is 0. The van der Waals surface area contributed by atoms with E-state index in [9.17, 15) is 4.79 Å². The van der Waals surface area contributed by atoms with Gasteiger partial charge in [-0.25, -0.2) is 0 Å². The maximum Gasteiger partial charge on any atom is 0.240 e. The molecule has 0 heterocycles. The minimum Gasteiger partial charge on any atom is -0.352 e. The summed E-state index contributed by atoms with van der Waals surface area (Å²) in [5.74, 6) is 0.121. The third-order valence-electron chi connectivity index (χ3n) is 2.96. The third kappa shape index (κ3) is 7.00. The Kier molecular flexibility index (Phi) is 6.90. The van der Waals surface area contributed by atoms with Gasteiger partial charge in [0.25, 0.3) is 0 Å². The van der Waals surface area contributed by atoms with Crippen LogP contribution in [-0.4, -0.2) is 24.0 Å². The molecule has 1 amide bonds. The van der Waals surface area contributed by atoms with Crippen molar-refractivity contribution >= 4 is 5.91 Å². The minimum atomic E-state index is -0.451. The van der Waals surface area contributed by atoms with Crippen molar-refractivity contribution < 1.29 is 4.79 Å². The molecule has 0 aliphatic rings. The van der Waals surface area contributed by atoms with Crippen LogP contribution >= 0.6 is 0 Å². The fraction of sp³-hybridized carbons (Fsp3) is 0.933. The molecule has 3 nitrogen and oxygen atoms in total. The van der Waals surface area contributed by atoms with Crippen LogP contribution in [0.1, 0.15) is 67.7 Å². The average molecular weight is 256 g/mol. The summed E-state index contributed by atoms with van der Waals surface area (Å²) >= 11 is 0. The monoisotopic (exact) mass is 256 g/mol. The maximum absolute atomic E-state index is 12.3. The summed E-state index contributed by atoms with van der Waals surface area (Å²) in [6.07, 6.45) is 3.07. The van der Waals surface area contributed by atoms with Crippen LogP contribution < -0.4 is 10.6 Å². The summed E-state index contributed by atoms with van der Waals surface area (Å²) in [7, 11) is 0. The Bertz CT molecular complexity index is 256. The number of carbonyl (C=O) groups excluding carboxylic acids is 1. The van der Waals surface area contributed by atoms with Gasteiger partial charge in [0.05, 0.1) is 5.54 Å². The van der Waals surface area contributed by atoms with Crippen LogP contribution in [0.4, 0.5) is 0 Å². The summed E-state index contributed by atoms with van der Waals surface area (Å²) in [5, 5.41) is 6.49. The van der Waals surface area contributed by atoms with Crippen molar-refractivity contribution in [1.82, 2.24) is 10.6 Å². The van der Waals surface area contributed by atoms with Crippen LogP contribution in [0.15, 0.2) is 0 Å². The van der Waals surface area contributed by atoms with Crippen molar-refractivity contribution in [2.75, 3.05) is 6.54 Å². The second kappa shape index (κ2) is 7.13. The van der Waals surface area contributed by atoms with E-state index in [-0.39, 0.29) is 17.4 Å².